The number of halogens is 4. The Bertz CT molecular complexity index is 1220. The van der Waals surface area contributed by atoms with Crippen LogP contribution < -0.4 is 24.8 Å². The maximum Gasteiger partial charge on any atom is 0.490 e. The molecule has 1 saturated heterocycles. The Labute approximate surface area is 234 Å². The van der Waals surface area contributed by atoms with Gasteiger partial charge in [-0.05, 0) is 63.0 Å². The van der Waals surface area contributed by atoms with Crippen molar-refractivity contribution in [3.05, 3.63) is 41.0 Å². The molecule has 40 heavy (non-hydrogen) atoms. The van der Waals surface area contributed by atoms with Crippen LogP contribution in [0.15, 0.2) is 30.3 Å². The summed E-state index contributed by atoms with van der Waals surface area (Å²) in [5.74, 6) is -0.917. The molecule has 1 aliphatic heterocycles. The third-order valence-electron chi connectivity index (χ3n) is 7.30. The highest BCUT2D eigenvalue weighted by atomic mass is 35.5. The number of aliphatic carboxylic acids is 1. The lowest BCUT2D eigenvalue weighted by atomic mass is 9.65. The van der Waals surface area contributed by atoms with Gasteiger partial charge in [-0.2, -0.15) is 13.2 Å². The minimum Gasteiger partial charge on any atom is -0.493 e. The quantitative estimate of drug-likeness (QED) is 0.415. The number of nitrogens with one attached hydrogen (secondary N) is 2. The van der Waals surface area contributed by atoms with Crippen molar-refractivity contribution in [1.82, 2.24) is 15.2 Å². The number of hydrogen-bond donors (Lipinski definition) is 3. The number of rotatable bonds is 6. The Morgan fingerprint density at radius 2 is 1.77 bits per heavy atom. The second-order valence-corrected chi connectivity index (χ2v) is 9.95. The highest BCUT2D eigenvalue weighted by Gasteiger charge is 2.50. The average molecular weight is 589 g/mol. The van der Waals surface area contributed by atoms with E-state index in [4.69, 9.17) is 35.7 Å². The molecular weight excluding hydrogens is 557 g/mol. The maximum absolute atomic E-state index is 12.7. The second-order valence-electron chi connectivity index (χ2n) is 9.57. The fourth-order valence-electron chi connectivity index (χ4n) is 5.40. The minimum absolute atomic E-state index is 0.0367. The molecule has 2 aliphatic rings. The van der Waals surface area contributed by atoms with Crippen molar-refractivity contribution in [3.8, 4) is 17.4 Å². The molecule has 1 aromatic heterocycles. The topological polar surface area (TPSA) is 122 Å². The Morgan fingerprint density at radius 1 is 1.10 bits per heavy atom. The number of amides is 2. The van der Waals surface area contributed by atoms with Crippen molar-refractivity contribution in [2.24, 2.45) is 0 Å². The zero-order valence-corrected chi connectivity index (χ0v) is 23.2. The largest absolute Gasteiger partial charge is 0.493 e. The molecule has 2 aromatic rings. The first-order chi connectivity index (χ1) is 18.8. The van der Waals surface area contributed by atoms with Crippen molar-refractivity contribution in [1.29, 1.82) is 0 Å². The van der Waals surface area contributed by atoms with Gasteiger partial charge in [-0.3, -0.25) is 0 Å². The van der Waals surface area contributed by atoms with E-state index in [2.05, 4.69) is 39.7 Å². The Balaban J connectivity index is 0.000000559. The molecule has 2 amide bonds. The van der Waals surface area contributed by atoms with Crippen LogP contribution in [0, 0.1) is 0 Å². The lowest BCUT2D eigenvalue weighted by molar-refractivity contribution is -0.192. The second kappa shape index (κ2) is 12.8. The van der Waals surface area contributed by atoms with E-state index in [1.54, 1.807) is 26.4 Å². The van der Waals surface area contributed by atoms with E-state index < -0.39 is 12.1 Å². The van der Waals surface area contributed by atoms with Crippen molar-refractivity contribution < 1.29 is 42.1 Å². The Morgan fingerprint density at radius 3 is 2.38 bits per heavy atom. The van der Waals surface area contributed by atoms with Crippen molar-refractivity contribution in [3.63, 3.8) is 0 Å². The number of pyridine rings is 1. The predicted molar refractivity (Wildman–Crippen MR) is 142 cm³/mol. The van der Waals surface area contributed by atoms with Gasteiger partial charge in [0.2, 0.25) is 5.88 Å². The summed E-state index contributed by atoms with van der Waals surface area (Å²) in [4.78, 5) is 28.0. The number of carbonyl (C=O) groups excluding carboxylic acids is 1. The van der Waals surface area contributed by atoms with Gasteiger partial charge < -0.3 is 34.9 Å². The van der Waals surface area contributed by atoms with E-state index in [1.807, 2.05) is 6.07 Å². The van der Waals surface area contributed by atoms with Crippen LogP contribution in [-0.4, -0.2) is 80.2 Å². The number of nitrogens with zero attached hydrogens (tertiary/aromatic N) is 2. The molecule has 1 saturated carbocycles. The van der Waals surface area contributed by atoms with Crippen LogP contribution in [0.4, 0.5) is 23.7 Å². The number of aromatic nitrogens is 1. The number of likely N-dealkylation sites (tertiary alicyclic amines) is 1. The van der Waals surface area contributed by atoms with Gasteiger partial charge in [0.25, 0.3) is 0 Å². The van der Waals surface area contributed by atoms with Gasteiger partial charge >= 0.3 is 18.2 Å². The fourth-order valence-corrected chi connectivity index (χ4v) is 5.60. The first kappa shape index (κ1) is 31.1. The minimum atomic E-state index is -5.08. The molecule has 2 heterocycles. The summed E-state index contributed by atoms with van der Waals surface area (Å²) in [6, 6.07) is 9.64. The molecule has 220 valence electrons. The third kappa shape index (κ3) is 7.19. The first-order valence-electron chi connectivity index (χ1n) is 12.3. The molecule has 4 rings (SSSR count). The van der Waals surface area contributed by atoms with Gasteiger partial charge in [0.1, 0.15) is 5.15 Å². The van der Waals surface area contributed by atoms with Crippen LogP contribution in [0.2, 0.25) is 5.15 Å². The van der Waals surface area contributed by atoms with Crippen LogP contribution in [0.3, 0.4) is 0 Å². The Kier molecular flexibility index (Phi) is 9.96. The van der Waals surface area contributed by atoms with Crippen LogP contribution >= 0.6 is 11.6 Å². The number of anilines is 1. The highest BCUT2D eigenvalue weighted by Crippen LogP contribution is 2.49. The molecule has 0 unspecified atom stereocenters. The molecule has 14 heteroatoms. The maximum atomic E-state index is 12.7. The summed E-state index contributed by atoms with van der Waals surface area (Å²) in [5.41, 5.74) is 1.85. The van der Waals surface area contributed by atoms with Gasteiger partial charge in [0.15, 0.2) is 11.5 Å². The van der Waals surface area contributed by atoms with E-state index in [9.17, 15) is 18.0 Å². The first-order valence-corrected chi connectivity index (χ1v) is 12.7. The SMILES string of the molecule is COc1cc(NC(=O)N[C@@H]2CC[C@@]3(c4ccc(OC)c(OC)c4)CCN(C)[C@H]3C2)cc(Cl)n1.O=C(O)C(F)(F)F. The molecule has 1 aliphatic carbocycles. The van der Waals surface area contributed by atoms with E-state index >= 15 is 0 Å². The zero-order chi connectivity index (χ0) is 29.7. The smallest absolute Gasteiger partial charge is 0.490 e. The number of carboxylic acid groups (broad SMARTS) is 1. The van der Waals surface area contributed by atoms with E-state index in [-0.39, 0.29) is 22.6 Å². The summed E-state index contributed by atoms with van der Waals surface area (Å²) in [6.45, 7) is 1.02. The summed E-state index contributed by atoms with van der Waals surface area (Å²) in [5, 5.41) is 13.4. The number of methoxy groups -OCH3 is 3. The molecule has 0 radical (unpaired) electrons. The van der Waals surface area contributed by atoms with Crippen molar-refractivity contribution in [2.75, 3.05) is 40.2 Å². The molecule has 0 bridgehead atoms. The monoisotopic (exact) mass is 588 g/mol. The summed E-state index contributed by atoms with van der Waals surface area (Å²) >= 11 is 6.01. The van der Waals surface area contributed by atoms with Gasteiger partial charge in [-0.15, -0.1) is 0 Å². The number of likely N-dealkylation sites (N-methyl/N-ethyl adjacent to an activating group) is 1. The van der Waals surface area contributed by atoms with Crippen molar-refractivity contribution >= 4 is 29.3 Å². The van der Waals surface area contributed by atoms with Crippen LogP contribution in [0.1, 0.15) is 31.2 Å². The lowest BCUT2D eigenvalue weighted by Crippen LogP contribution is -2.52. The standard InChI is InChI=1S/C24H31ClN4O4.C2HF3O2/c1-29-10-9-24(15-5-6-18(31-2)19(11-15)32-3)8-7-16(12-20(24)29)26-23(30)27-17-13-21(25)28-22(14-17)33-4;3-2(4,5)1(6)7/h5-6,11,13-14,16,20H,7-10,12H2,1-4H3,(H2,26,27,28,30);(H,6,7)/t16-,20+,24+;/m1./s1. The molecule has 3 N–H and O–H groups in total. The Hall–Kier alpha value is -3.45. The highest BCUT2D eigenvalue weighted by molar-refractivity contribution is 6.29. The number of urea groups is 1. The number of fused-ring (bicyclic) bond motifs is 1. The summed E-state index contributed by atoms with van der Waals surface area (Å²) < 4.78 is 47.9. The van der Waals surface area contributed by atoms with Gasteiger partial charge in [-0.25, -0.2) is 14.6 Å². The lowest BCUT2D eigenvalue weighted by Gasteiger charge is -2.45. The number of benzene rings is 1. The fraction of sp³-hybridized carbons (Fsp3) is 0.500. The molecule has 2 fully saturated rings. The van der Waals surface area contributed by atoms with E-state index in [0.717, 1.165) is 43.7 Å². The van der Waals surface area contributed by atoms with Crippen molar-refractivity contribution in [2.45, 2.75) is 49.4 Å². The van der Waals surface area contributed by atoms with Crippen LogP contribution in [-0.2, 0) is 10.2 Å². The van der Waals surface area contributed by atoms with E-state index in [1.165, 1.54) is 12.7 Å². The molecular formula is C26H32ClF3N4O6. The van der Waals surface area contributed by atoms with E-state index in [0.29, 0.717) is 17.6 Å². The molecule has 1 aromatic carbocycles. The normalized spacial score (nSPS) is 22.3. The van der Waals surface area contributed by atoms with Crippen LogP contribution in [0.5, 0.6) is 17.4 Å². The van der Waals surface area contributed by atoms with Gasteiger partial charge in [-0.1, -0.05) is 17.7 Å². The number of carboxylic acids is 1. The average Bonchev–Trinajstić information content (AvgIpc) is 3.24. The van der Waals surface area contributed by atoms with Gasteiger partial charge in [0, 0.05) is 23.6 Å². The summed E-state index contributed by atoms with van der Waals surface area (Å²) in [6.07, 6.45) is -1.25. The van der Waals surface area contributed by atoms with Gasteiger partial charge in [0.05, 0.1) is 27.0 Å². The molecule has 3 atom stereocenters. The number of carbonyl (C=O) groups is 2. The predicted octanol–water partition coefficient (Wildman–Crippen LogP) is 4.71. The molecule has 0 spiro atoms. The number of hydrogen-bond acceptors (Lipinski definition) is 7. The zero-order valence-electron chi connectivity index (χ0n) is 22.5. The summed E-state index contributed by atoms with van der Waals surface area (Å²) in [7, 11) is 7.00. The molecule has 10 nitrogen and oxygen atoms in total. The number of ether oxygens (including phenoxy) is 3. The van der Waals surface area contributed by atoms with Crippen LogP contribution in [0.25, 0.3) is 0 Å². The number of alkyl halides is 3. The third-order valence-corrected chi connectivity index (χ3v) is 7.49.